The predicted molar refractivity (Wildman–Crippen MR) is 77.2 cm³/mol. The number of hydrogen-bond acceptors (Lipinski definition) is 5. The molecule has 0 radical (unpaired) electrons. The number of ether oxygens (including phenoxy) is 1. The van der Waals surface area contributed by atoms with E-state index < -0.39 is 29.2 Å². The summed E-state index contributed by atoms with van der Waals surface area (Å²) in [4.78, 5) is 34.7. The summed E-state index contributed by atoms with van der Waals surface area (Å²) in [6.07, 6.45) is 0.473. The predicted octanol–water partition coefficient (Wildman–Crippen LogP) is 0.622. The van der Waals surface area contributed by atoms with Gasteiger partial charge in [-0.3, -0.25) is 14.4 Å². The van der Waals surface area contributed by atoms with Gasteiger partial charge in [-0.1, -0.05) is 30.3 Å². The molecule has 1 aromatic rings. The summed E-state index contributed by atoms with van der Waals surface area (Å²) >= 11 is 0. The third-order valence-electron chi connectivity index (χ3n) is 3.40. The quantitative estimate of drug-likeness (QED) is 0.451. The van der Waals surface area contributed by atoms with Gasteiger partial charge in [0.15, 0.2) is 5.78 Å². The highest BCUT2D eigenvalue weighted by Gasteiger charge is 2.46. The molecule has 7 nitrogen and oxygen atoms in total. The molecule has 1 aromatic carbocycles. The van der Waals surface area contributed by atoms with Crippen LogP contribution in [0.5, 0.6) is 0 Å². The fourth-order valence-corrected chi connectivity index (χ4v) is 2.23. The van der Waals surface area contributed by atoms with Crippen LogP contribution in [0.3, 0.4) is 0 Å². The maximum absolute atomic E-state index is 12.5. The van der Waals surface area contributed by atoms with E-state index in [2.05, 4.69) is 0 Å². The molecule has 1 rings (SSSR count). The first kappa shape index (κ1) is 17.8. The van der Waals surface area contributed by atoms with E-state index in [9.17, 15) is 14.4 Å². The molecule has 0 aliphatic carbocycles. The first-order chi connectivity index (χ1) is 10.3. The molecule has 0 fully saturated rings. The zero-order valence-corrected chi connectivity index (χ0v) is 12.2. The SMILES string of the molecule is COCCCC(N)(C(=O)C(C(=O)O)C(=O)O)c1ccccc1. The average molecular weight is 309 g/mol. The highest BCUT2D eigenvalue weighted by molar-refractivity contribution is 6.17. The summed E-state index contributed by atoms with van der Waals surface area (Å²) in [6.45, 7) is 0.323. The maximum Gasteiger partial charge on any atom is 0.325 e. The van der Waals surface area contributed by atoms with E-state index in [-0.39, 0.29) is 6.42 Å². The number of aliphatic carboxylic acids is 2. The Balaban J connectivity index is 3.22. The van der Waals surface area contributed by atoms with Crippen LogP contribution < -0.4 is 5.73 Å². The lowest BCUT2D eigenvalue weighted by Gasteiger charge is -2.30. The standard InChI is InChI=1S/C15H19NO6/c1-22-9-5-8-15(16,10-6-3-2-4-7-10)12(17)11(13(18)19)14(20)21/h2-4,6-7,11H,5,8-9,16H2,1H3,(H,18,19)(H,20,21). The van der Waals surface area contributed by atoms with Crippen molar-refractivity contribution in [3.63, 3.8) is 0 Å². The Morgan fingerprint density at radius 1 is 1.18 bits per heavy atom. The van der Waals surface area contributed by atoms with E-state index in [0.717, 1.165) is 0 Å². The Kier molecular flexibility index (Phi) is 6.21. The molecule has 0 spiro atoms. The largest absolute Gasteiger partial charge is 0.480 e. The Morgan fingerprint density at radius 3 is 2.18 bits per heavy atom. The van der Waals surface area contributed by atoms with Gasteiger partial charge >= 0.3 is 11.9 Å². The minimum absolute atomic E-state index is 0.0841. The molecule has 22 heavy (non-hydrogen) atoms. The number of methoxy groups -OCH3 is 1. The lowest BCUT2D eigenvalue weighted by atomic mass is 9.77. The summed E-state index contributed by atoms with van der Waals surface area (Å²) in [5, 5.41) is 18.0. The number of carboxylic acids is 2. The first-order valence-corrected chi connectivity index (χ1v) is 6.68. The number of benzene rings is 1. The number of Topliss-reactive ketones (excluding diaryl/α,β-unsaturated/α-hetero) is 1. The fraction of sp³-hybridized carbons (Fsp3) is 0.400. The molecule has 0 aliphatic rings. The molecule has 0 saturated carbocycles. The van der Waals surface area contributed by atoms with Crippen molar-refractivity contribution >= 4 is 17.7 Å². The molecule has 0 aromatic heterocycles. The van der Waals surface area contributed by atoms with Gasteiger partial charge in [-0.15, -0.1) is 0 Å². The van der Waals surface area contributed by atoms with Crippen molar-refractivity contribution in [2.75, 3.05) is 13.7 Å². The van der Waals surface area contributed by atoms with Gasteiger partial charge in [-0.25, -0.2) is 0 Å². The lowest BCUT2D eigenvalue weighted by molar-refractivity contribution is -0.159. The molecule has 0 heterocycles. The number of nitrogens with two attached hydrogens (primary N) is 1. The molecule has 0 bridgehead atoms. The molecular formula is C15H19NO6. The Bertz CT molecular complexity index is 530. The van der Waals surface area contributed by atoms with E-state index >= 15 is 0 Å². The summed E-state index contributed by atoms with van der Waals surface area (Å²) in [5.74, 6) is -6.70. The van der Waals surface area contributed by atoms with Crippen LogP contribution in [0.25, 0.3) is 0 Å². The van der Waals surface area contributed by atoms with Gasteiger partial charge in [0, 0.05) is 13.7 Å². The van der Waals surface area contributed by atoms with Crippen LogP contribution in [0, 0.1) is 5.92 Å². The normalized spacial score (nSPS) is 13.6. The van der Waals surface area contributed by atoms with E-state index in [1.807, 2.05) is 0 Å². The number of carbonyl (C=O) groups is 3. The second-order valence-electron chi connectivity index (χ2n) is 4.91. The lowest BCUT2D eigenvalue weighted by Crippen LogP contribution is -2.51. The van der Waals surface area contributed by atoms with Crippen molar-refractivity contribution in [3.8, 4) is 0 Å². The summed E-state index contributed by atoms with van der Waals surface area (Å²) in [5.41, 5.74) is 4.83. The Hall–Kier alpha value is -2.25. The van der Waals surface area contributed by atoms with Crippen LogP contribution in [0.1, 0.15) is 18.4 Å². The van der Waals surface area contributed by atoms with Gasteiger partial charge < -0.3 is 20.7 Å². The van der Waals surface area contributed by atoms with Gasteiger partial charge in [-0.05, 0) is 18.4 Å². The van der Waals surface area contributed by atoms with Crippen LogP contribution in [0.15, 0.2) is 30.3 Å². The first-order valence-electron chi connectivity index (χ1n) is 6.68. The van der Waals surface area contributed by atoms with E-state index in [4.69, 9.17) is 20.7 Å². The molecule has 0 amide bonds. The molecule has 0 saturated heterocycles. The highest BCUT2D eigenvalue weighted by Crippen LogP contribution is 2.28. The van der Waals surface area contributed by atoms with E-state index in [0.29, 0.717) is 18.6 Å². The van der Waals surface area contributed by atoms with Crippen molar-refractivity contribution in [3.05, 3.63) is 35.9 Å². The zero-order valence-electron chi connectivity index (χ0n) is 12.2. The van der Waals surface area contributed by atoms with Crippen LogP contribution in [-0.4, -0.2) is 41.7 Å². The maximum atomic E-state index is 12.5. The summed E-state index contributed by atoms with van der Waals surface area (Å²) in [6, 6.07) is 8.17. The van der Waals surface area contributed by atoms with Crippen LogP contribution >= 0.6 is 0 Å². The van der Waals surface area contributed by atoms with Crippen LogP contribution in [0.2, 0.25) is 0 Å². The number of carboxylic acid groups (broad SMARTS) is 2. The summed E-state index contributed by atoms with van der Waals surface area (Å²) in [7, 11) is 1.49. The number of carbonyl (C=O) groups excluding carboxylic acids is 1. The molecular weight excluding hydrogens is 290 g/mol. The molecule has 4 N–H and O–H groups in total. The van der Waals surface area contributed by atoms with Gasteiger partial charge in [0.2, 0.25) is 5.92 Å². The fourth-order valence-electron chi connectivity index (χ4n) is 2.23. The highest BCUT2D eigenvalue weighted by atomic mass is 16.5. The second kappa shape index (κ2) is 7.67. The molecule has 0 aliphatic heterocycles. The monoisotopic (exact) mass is 309 g/mol. The zero-order chi connectivity index (χ0) is 16.8. The third kappa shape index (κ3) is 3.90. The van der Waals surface area contributed by atoms with Crippen LogP contribution in [0.4, 0.5) is 0 Å². The van der Waals surface area contributed by atoms with Crippen LogP contribution in [-0.2, 0) is 24.7 Å². The number of ketones is 1. The second-order valence-corrected chi connectivity index (χ2v) is 4.91. The molecule has 1 atom stereocenters. The van der Waals surface area contributed by atoms with Crippen molar-refractivity contribution in [2.45, 2.75) is 18.4 Å². The Morgan fingerprint density at radius 2 is 1.73 bits per heavy atom. The number of rotatable bonds is 9. The van der Waals surface area contributed by atoms with Crippen molar-refractivity contribution in [1.29, 1.82) is 0 Å². The molecule has 1 unspecified atom stereocenters. The van der Waals surface area contributed by atoms with Gasteiger partial charge in [0.25, 0.3) is 0 Å². The van der Waals surface area contributed by atoms with Gasteiger partial charge in [0.05, 0.1) is 0 Å². The Labute approximate surface area is 127 Å². The minimum Gasteiger partial charge on any atom is -0.480 e. The number of hydrogen-bond donors (Lipinski definition) is 3. The van der Waals surface area contributed by atoms with Crippen molar-refractivity contribution in [1.82, 2.24) is 0 Å². The van der Waals surface area contributed by atoms with Gasteiger partial charge in [-0.2, -0.15) is 0 Å². The minimum atomic E-state index is -2.20. The van der Waals surface area contributed by atoms with Crippen molar-refractivity contribution < 1.29 is 29.3 Å². The smallest absolute Gasteiger partial charge is 0.325 e. The average Bonchev–Trinajstić information content (AvgIpc) is 2.47. The molecule has 7 heteroatoms. The van der Waals surface area contributed by atoms with Crippen molar-refractivity contribution in [2.24, 2.45) is 11.7 Å². The molecule has 120 valence electrons. The topological polar surface area (TPSA) is 127 Å². The van der Waals surface area contributed by atoms with E-state index in [1.54, 1.807) is 30.3 Å². The third-order valence-corrected chi connectivity index (χ3v) is 3.40. The summed E-state index contributed by atoms with van der Waals surface area (Å²) < 4.78 is 4.91. The van der Waals surface area contributed by atoms with E-state index in [1.165, 1.54) is 7.11 Å². The van der Waals surface area contributed by atoms with Gasteiger partial charge in [0.1, 0.15) is 5.54 Å².